The van der Waals surface area contributed by atoms with E-state index in [-0.39, 0.29) is 31.3 Å². The first kappa shape index (κ1) is 15.9. The fourth-order valence-corrected chi connectivity index (χ4v) is 2.47. The molecule has 0 saturated carbocycles. The van der Waals surface area contributed by atoms with Crippen LogP contribution >= 0.6 is 0 Å². The zero-order chi connectivity index (χ0) is 15.7. The van der Waals surface area contributed by atoms with Gasteiger partial charge in [0.05, 0.1) is 14.1 Å². The molecule has 1 saturated heterocycles. The van der Waals surface area contributed by atoms with Crippen LogP contribution in [0.2, 0.25) is 6.04 Å². The van der Waals surface area contributed by atoms with Crippen molar-refractivity contribution in [2.45, 2.75) is 51.0 Å². The molecule has 1 rings (SSSR count). The average Bonchev–Trinajstić information content (AvgIpc) is 2.80. The second kappa shape index (κ2) is 10.3. The third-order valence-electron chi connectivity index (χ3n) is 2.72. The first-order chi connectivity index (χ1) is 10.0. The fourth-order valence-electron chi connectivity index (χ4n) is 1.70. The number of rotatable bonds is 10. The van der Waals surface area contributed by atoms with E-state index >= 15 is 0 Å². The lowest BCUT2D eigenvalue weighted by molar-refractivity contribution is -0.129. The summed E-state index contributed by atoms with van der Waals surface area (Å²) in [4.78, 5) is 11.6. The molecule has 0 aliphatic carbocycles. The van der Waals surface area contributed by atoms with E-state index in [4.69, 9.17) is 20.4 Å². The predicted octanol–water partition coefficient (Wildman–Crippen LogP) is 0.122. The van der Waals surface area contributed by atoms with Gasteiger partial charge in [0.1, 0.15) is 12.7 Å². The van der Waals surface area contributed by atoms with Crippen LogP contribution in [0.3, 0.4) is 0 Å². The van der Waals surface area contributed by atoms with E-state index < -0.39 is 12.7 Å². The van der Waals surface area contributed by atoms with Gasteiger partial charge in [0.2, 0.25) is 15.7 Å². The van der Waals surface area contributed by atoms with Gasteiger partial charge in [0.25, 0.3) is 0 Å². The number of carbonyl (C=O) groups is 1. The first-order valence-corrected chi connectivity index (χ1v) is 8.09. The van der Waals surface area contributed by atoms with Crippen LogP contribution in [0.25, 0.3) is 0 Å². The Hall–Kier alpha value is -0.473. The predicted molar refractivity (Wildman–Crippen MR) is 75.6 cm³/mol. The molecular formula is C13H25NO5Si. The van der Waals surface area contributed by atoms with E-state index in [1.54, 1.807) is 0 Å². The Morgan fingerprint density at radius 2 is 2.45 bits per heavy atom. The molecule has 1 heterocycles. The second-order valence-electron chi connectivity index (χ2n) is 4.87. The smallest absolute Gasteiger partial charge is 0.246 e. The monoisotopic (exact) mass is 305 g/mol. The highest BCUT2D eigenvalue weighted by molar-refractivity contribution is 6.27. The van der Waals surface area contributed by atoms with Crippen molar-refractivity contribution in [2.75, 3.05) is 26.3 Å². The van der Waals surface area contributed by atoms with Crippen molar-refractivity contribution >= 4 is 15.7 Å². The van der Waals surface area contributed by atoms with Crippen LogP contribution in [0.15, 0.2) is 0 Å². The van der Waals surface area contributed by atoms with E-state index in [9.17, 15) is 4.79 Å². The molecule has 3 unspecified atom stereocenters. The maximum atomic E-state index is 11.6. The molecule has 1 aliphatic rings. The fraction of sp³-hybridized carbons (Fsp3) is 0.923. The summed E-state index contributed by atoms with van der Waals surface area (Å²) in [5.74, 6) is -0.187. The summed E-state index contributed by atoms with van der Waals surface area (Å²) in [5.41, 5.74) is 0. The molecule has 1 amide bonds. The van der Waals surface area contributed by atoms with Crippen molar-refractivity contribution in [1.82, 2.24) is 5.32 Å². The number of amides is 1. The molecule has 20 heavy (non-hydrogen) atoms. The van der Waals surface area contributed by atoms with Crippen LogP contribution in [0.4, 0.5) is 0 Å². The summed E-state index contributed by atoms with van der Waals surface area (Å²) in [7, 11) is 0.467. The molecule has 0 aromatic carbocycles. The second-order valence-corrected chi connectivity index (χ2v) is 5.90. The highest BCUT2D eigenvalue weighted by atomic mass is 28.2. The molecule has 6 nitrogen and oxygen atoms in total. The van der Waals surface area contributed by atoms with Gasteiger partial charge in [-0.2, -0.15) is 0 Å². The van der Waals surface area contributed by atoms with Crippen LogP contribution < -0.4 is 5.32 Å². The van der Waals surface area contributed by atoms with E-state index in [2.05, 4.69) is 5.32 Å². The minimum Gasteiger partial charge on any atom is -0.415 e. The lowest BCUT2D eigenvalue weighted by atomic mass is 10.2. The van der Waals surface area contributed by atoms with Crippen molar-refractivity contribution in [3.8, 4) is 0 Å². The number of nitrogens with one attached hydrogen (secondary N) is 1. The van der Waals surface area contributed by atoms with Gasteiger partial charge < -0.3 is 24.3 Å². The quantitative estimate of drug-likeness (QED) is 0.443. The summed E-state index contributed by atoms with van der Waals surface area (Å²) < 4.78 is 23.5. The lowest BCUT2D eigenvalue weighted by Crippen LogP contribution is -2.34. The zero-order valence-electron chi connectivity index (χ0n) is 13.1. The third kappa shape index (κ3) is 7.35. The van der Waals surface area contributed by atoms with E-state index in [1.807, 2.05) is 13.8 Å². The van der Waals surface area contributed by atoms with Crippen molar-refractivity contribution in [3.05, 3.63) is 0 Å². The van der Waals surface area contributed by atoms with E-state index in [0.717, 1.165) is 12.5 Å². The van der Waals surface area contributed by atoms with Gasteiger partial charge in [0.15, 0.2) is 0 Å². The molecular weight excluding hydrogens is 278 g/mol. The summed E-state index contributed by atoms with van der Waals surface area (Å²) >= 11 is 0. The summed E-state index contributed by atoms with van der Waals surface area (Å²) in [6.45, 7) is 3.65. The number of carbonyl (C=O) groups excluding carboxylic acids is 1. The van der Waals surface area contributed by atoms with Gasteiger partial charge in [-0.05, 0) is 32.7 Å². The van der Waals surface area contributed by atoms with Crippen molar-refractivity contribution in [3.63, 3.8) is 0 Å². The standard InChI is InChI=1S/C13H25NO5Si/c1-10(2)19-20-7-3-5-14-13(16)9-18-11-4-6-17-12(11)8-15/h10-12,15H,3-9H2,1-2H3,(H,14,16)/i6T. The zero-order valence-corrected chi connectivity index (χ0v) is 13.1. The Balaban J connectivity index is 2.03. The maximum Gasteiger partial charge on any atom is 0.246 e. The summed E-state index contributed by atoms with van der Waals surface area (Å²) in [6.07, 6.45) is 0.614. The van der Waals surface area contributed by atoms with Crippen LogP contribution in [-0.2, 0) is 18.7 Å². The van der Waals surface area contributed by atoms with Crippen molar-refractivity contribution < 1.29 is 25.2 Å². The highest BCUT2D eigenvalue weighted by Gasteiger charge is 2.28. The molecule has 7 heteroatoms. The Bertz CT molecular complexity index is 308. The molecule has 116 valence electrons. The molecule has 1 aliphatic heterocycles. The average molecular weight is 305 g/mol. The van der Waals surface area contributed by atoms with E-state index in [1.165, 1.54) is 0 Å². The topological polar surface area (TPSA) is 77.0 Å². The highest BCUT2D eigenvalue weighted by Crippen LogP contribution is 2.16. The molecule has 2 N–H and O–H groups in total. The van der Waals surface area contributed by atoms with Crippen LogP contribution in [0, 0.1) is 0 Å². The maximum absolute atomic E-state index is 11.6. The number of hydrogen-bond acceptors (Lipinski definition) is 5. The summed E-state index contributed by atoms with van der Waals surface area (Å²) in [5, 5.41) is 11.9. The number of ether oxygens (including phenoxy) is 2. The van der Waals surface area contributed by atoms with Crippen LogP contribution in [-0.4, -0.2) is 65.4 Å². The number of aliphatic hydroxyl groups excluding tert-OH is 1. The molecule has 2 radical (unpaired) electrons. The van der Waals surface area contributed by atoms with Gasteiger partial charge in [-0.3, -0.25) is 4.79 Å². The molecule has 0 bridgehead atoms. The minimum absolute atomic E-state index is 0.0674. The van der Waals surface area contributed by atoms with Crippen molar-refractivity contribution in [2.24, 2.45) is 0 Å². The minimum atomic E-state index is -0.683. The Morgan fingerprint density at radius 3 is 3.15 bits per heavy atom. The van der Waals surface area contributed by atoms with Crippen molar-refractivity contribution in [1.29, 1.82) is 0 Å². The SMILES string of the molecule is [3H]C1CC(OCC(=O)NCCC[Si]OC(C)C)C(CO)O1. The van der Waals surface area contributed by atoms with Gasteiger partial charge >= 0.3 is 0 Å². The van der Waals surface area contributed by atoms with Gasteiger partial charge in [0, 0.05) is 19.2 Å². The lowest BCUT2D eigenvalue weighted by Gasteiger charge is -2.16. The summed E-state index contributed by atoms with van der Waals surface area (Å²) in [6, 6.07) is 0.933. The Labute approximate surface area is 124 Å². The van der Waals surface area contributed by atoms with Gasteiger partial charge in [-0.15, -0.1) is 0 Å². The first-order valence-electron chi connectivity index (χ1n) is 7.56. The largest absolute Gasteiger partial charge is 0.415 e. The third-order valence-corrected chi connectivity index (χ3v) is 3.92. The molecule has 3 atom stereocenters. The number of aliphatic hydroxyl groups is 1. The van der Waals surface area contributed by atoms with Crippen LogP contribution in [0.1, 0.15) is 28.1 Å². The Kier molecular flexibility index (Phi) is 8.18. The molecule has 1 fully saturated rings. The van der Waals surface area contributed by atoms with Crippen LogP contribution in [0.5, 0.6) is 0 Å². The van der Waals surface area contributed by atoms with Gasteiger partial charge in [-0.25, -0.2) is 0 Å². The van der Waals surface area contributed by atoms with E-state index in [0.29, 0.717) is 22.7 Å². The molecule has 0 aromatic rings. The number of hydrogen-bond donors (Lipinski definition) is 2. The van der Waals surface area contributed by atoms with Gasteiger partial charge in [-0.1, -0.05) is 0 Å². The molecule has 0 spiro atoms. The molecule has 0 aromatic heterocycles. The Morgan fingerprint density at radius 1 is 1.65 bits per heavy atom. The normalized spacial score (nSPS) is 26.8.